The summed E-state index contributed by atoms with van der Waals surface area (Å²) in [6.45, 7) is 2.18. The quantitative estimate of drug-likeness (QED) is 0.903. The van der Waals surface area contributed by atoms with Gasteiger partial charge in [0.05, 0.1) is 16.6 Å². The maximum absolute atomic E-state index is 10.6. The summed E-state index contributed by atoms with van der Waals surface area (Å²) in [5.41, 5.74) is 1.56. The van der Waals surface area contributed by atoms with Crippen molar-refractivity contribution in [1.82, 2.24) is 9.55 Å². The molecule has 3 nitrogen and oxygen atoms in total. The van der Waals surface area contributed by atoms with Crippen LogP contribution in [0.5, 0.6) is 0 Å². The summed E-state index contributed by atoms with van der Waals surface area (Å²) >= 11 is 1.85. The molecule has 0 radical (unpaired) electrons. The molecule has 1 N–H and O–H groups in total. The third kappa shape index (κ3) is 2.04. The highest BCUT2D eigenvalue weighted by molar-refractivity contribution is 8.00. The van der Waals surface area contributed by atoms with Crippen LogP contribution >= 0.6 is 11.8 Å². The minimum absolute atomic E-state index is 0.546. The van der Waals surface area contributed by atoms with Crippen molar-refractivity contribution >= 4 is 22.8 Å². The van der Waals surface area contributed by atoms with Crippen LogP contribution in [0.15, 0.2) is 24.3 Å². The van der Waals surface area contributed by atoms with Crippen molar-refractivity contribution in [2.75, 3.05) is 5.75 Å². The molecular weight excluding hydrogens is 244 g/mol. The largest absolute Gasteiger partial charge is 0.389 e. The molecule has 0 bridgehead atoms. The molecule has 96 valence electrons. The van der Waals surface area contributed by atoms with Crippen molar-refractivity contribution < 1.29 is 5.11 Å². The first kappa shape index (κ1) is 12.1. The third-order valence-corrected chi connectivity index (χ3v) is 5.11. The van der Waals surface area contributed by atoms with Crippen LogP contribution in [-0.4, -0.2) is 31.3 Å². The molecule has 1 fully saturated rings. The number of aromatic nitrogens is 2. The van der Waals surface area contributed by atoms with Crippen LogP contribution in [0.3, 0.4) is 0 Å². The van der Waals surface area contributed by atoms with Crippen molar-refractivity contribution in [3.63, 3.8) is 0 Å². The van der Waals surface area contributed by atoms with Gasteiger partial charge in [-0.05, 0) is 18.6 Å². The van der Waals surface area contributed by atoms with Gasteiger partial charge in [0.15, 0.2) is 0 Å². The Bertz CT molecular complexity index is 580. The van der Waals surface area contributed by atoms with E-state index in [1.165, 1.54) is 0 Å². The number of rotatable bonds is 2. The maximum Gasteiger partial charge on any atom is 0.112 e. The smallest absolute Gasteiger partial charge is 0.112 e. The number of imidazole rings is 1. The molecule has 1 aliphatic rings. The number of thioether (sulfide) groups is 1. The average molecular weight is 262 g/mol. The normalized spacial score (nSPS) is 28.1. The van der Waals surface area contributed by atoms with Crippen LogP contribution in [0.1, 0.15) is 19.2 Å². The average Bonchev–Trinajstić information content (AvgIpc) is 2.82. The predicted octanol–water partition coefficient (Wildman–Crippen LogP) is 2.37. The fourth-order valence-corrected chi connectivity index (χ4v) is 3.96. The molecule has 1 aromatic carbocycles. The Labute approximate surface area is 111 Å². The first-order valence-electron chi connectivity index (χ1n) is 6.32. The first-order valence-corrected chi connectivity index (χ1v) is 7.37. The van der Waals surface area contributed by atoms with Gasteiger partial charge in [-0.3, -0.25) is 0 Å². The van der Waals surface area contributed by atoms with E-state index in [9.17, 15) is 5.11 Å². The molecule has 18 heavy (non-hydrogen) atoms. The zero-order valence-corrected chi connectivity index (χ0v) is 11.6. The van der Waals surface area contributed by atoms with Gasteiger partial charge in [0.25, 0.3) is 0 Å². The SMILES string of the molecule is CC1CC(O)(Cc2nc3ccccc3n2C)CS1. The maximum atomic E-state index is 10.6. The van der Waals surface area contributed by atoms with Gasteiger partial charge in [0, 0.05) is 24.5 Å². The summed E-state index contributed by atoms with van der Waals surface area (Å²) in [7, 11) is 2.03. The minimum Gasteiger partial charge on any atom is -0.389 e. The molecule has 0 spiro atoms. The summed E-state index contributed by atoms with van der Waals surface area (Å²) in [5, 5.41) is 11.1. The van der Waals surface area contributed by atoms with Crippen LogP contribution in [0.25, 0.3) is 11.0 Å². The van der Waals surface area contributed by atoms with E-state index in [2.05, 4.69) is 22.5 Å². The van der Waals surface area contributed by atoms with Crippen LogP contribution in [0, 0.1) is 0 Å². The summed E-state index contributed by atoms with van der Waals surface area (Å²) in [4.78, 5) is 4.64. The van der Waals surface area contributed by atoms with Crippen molar-refractivity contribution in [2.45, 2.75) is 30.6 Å². The van der Waals surface area contributed by atoms with Crippen molar-refractivity contribution in [2.24, 2.45) is 7.05 Å². The van der Waals surface area contributed by atoms with Crippen molar-refractivity contribution in [3.05, 3.63) is 30.1 Å². The zero-order chi connectivity index (χ0) is 12.8. The molecule has 1 aromatic heterocycles. The van der Waals surface area contributed by atoms with E-state index in [0.29, 0.717) is 11.7 Å². The van der Waals surface area contributed by atoms with Crippen molar-refractivity contribution in [3.8, 4) is 0 Å². The third-order valence-electron chi connectivity index (χ3n) is 3.67. The Morgan fingerprint density at radius 1 is 1.50 bits per heavy atom. The van der Waals surface area contributed by atoms with E-state index in [4.69, 9.17) is 0 Å². The second-order valence-corrected chi connectivity index (χ2v) is 6.73. The molecule has 0 aliphatic carbocycles. The fourth-order valence-electron chi connectivity index (χ4n) is 2.72. The molecule has 2 heterocycles. The molecular formula is C14H18N2OS. The van der Waals surface area contributed by atoms with Crippen LogP contribution in [-0.2, 0) is 13.5 Å². The molecule has 0 saturated carbocycles. The summed E-state index contributed by atoms with van der Waals surface area (Å²) in [6.07, 6.45) is 1.51. The second-order valence-electron chi connectivity index (χ2n) is 5.30. The highest BCUT2D eigenvalue weighted by atomic mass is 32.2. The number of aliphatic hydroxyl groups is 1. The molecule has 0 amide bonds. The van der Waals surface area contributed by atoms with Gasteiger partial charge in [-0.25, -0.2) is 4.98 Å². The van der Waals surface area contributed by atoms with Crippen LogP contribution in [0.4, 0.5) is 0 Å². The van der Waals surface area contributed by atoms with E-state index in [-0.39, 0.29) is 0 Å². The number of benzene rings is 1. The highest BCUT2D eigenvalue weighted by Crippen LogP contribution is 2.36. The number of fused-ring (bicyclic) bond motifs is 1. The van der Waals surface area contributed by atoms with Gasteiger partial charge >= 0.3 is 0 Å². The van der Waals surface area contributed by atoms with Gasteiger partial charge in [-0.1, -0.05) is 19.1 Å². The number of aryl methyl sites for hydroxylation is 1. The number of nitrogens with zero attached hydrogens (tertiary/aromatic N) is 2. The van der Waals surface area contributed by atoms with Crippen LogP contribution < -0.4 is 0 Å². The lowest BCUT2D eigenvalue weighted by Gasteiger charge is -2.21. The monoisotopic (exact) mass is 262 g/mol. The Hall–Kier alpha value is -1.000. The number of hydrogen-bond acceptors (Lipinski definition) is 3. The van der Waals surface area contributed by atoms with Crippen LogP contribution in [0.2, 0.25) is 0 Å². The molecule has 2 unspecified atom stereocenters. The lowest BCUT2D eigenvalue weighted by Crippen LogP contribution is -2.32. The van der Waals surface area contributed by atoms with E-state index >= 15 is 0 Å². The molecule has 4 heteroatoms. The Balaban J connectivity index is 1.93. The number of hydrogen-bond donors (Lipinski definition) is 1. The Kier molecular flexibility index (Phi) is 2.87. The first-order chi connectivity index (χ1) is 8.57. The molecule has 1 aliphatic heterocycles. The number of para-hydroxylation sites is 2. The molecule has 2 aromatic rings. The van der Waals surface area contributed by atoms with E-state index in [0.717, 1.165) is 29.0 Å². The Morgan fingerprint density at radius 2 is 2.28 bits per heavy atom. The van der Waals surface area contributed by atoms with Gasteiger partial charge in [-0.2, -0.15) is 11.8 Å². The summed E-state index contributed by atoms with van der Waals surface area (Å²) in [5.74, 6) is 1.80. The standard InChI is InChI=1S/C14H18N2OS/c1-10-7-14(17,9-18-10)8-13-15-11-5-3-4-6-12(11)16(13)2/h3-6,10,17H,7-9H2,1-2H3. The summed E-state index contributed by atoms with van der Waals surface area (Å²) < 4.78 is 2.10. The zero-order valence-electron chi connectivity index (χ0n) is 10.8. The predicted molar refractivity (Wildman–Crippen MR) is 75.9 cm³/mol. The van der Waals surface area contributed by atoms with E-state index < -0.39 is 5.60 Å². The summed E-state index contributed by atoms with van der Waals surface area (Å²) in [6, 6.07) is 8.12. The van der Waals surface area contributed by atoms with Gasteiger partial charge in [0.1, 0.15) is 5.82 Å². The van der Waals surface area contributed by atoms with E-state index in [1.54, 1.807) is 0 Å². The minimum atomic E-state index is -0.584. The molecule has 3 rings (SSSR count). The van der Waals surface area contributed by atoms with Gasteiger partial charge in [0.2, 0.25) is 0 Å². The Morgan fingerprint density at radius 3 is 2.94 bits per heavy atom. The lowest BCUT2D eigenvalue weighted by atomic mass is 9.96. The van der Waals surface area contributed by atoms with Gasteiger partial charge in [-0.15, -0.1) is 0 Å². The highest BCUT2D eigenvalue weighted by Gasteiger charge is 2.37. The van der Waals surface area contributed by atoms with Gasteiger partial charge < -0.3 is 9.67 Å². The molecule has 1 saturated heterocycles. The second kappa shape index (κ2) is 4.28. The topological polar surface area (TPSA) is 38.1 Å². The lowest BCUT2D eigenvalue weighted by molar-refractivity contribution is 0.0616. The molecule has 2 atom stereocenters. The van der Waals surface area contributed by atoms with E-state index in [1.807, 2.05) is 37.0 Å². The van der Waals surface area contributed by atoms with Crippen molar-refractivity contribution in [1.29, 1.82) is 0 Å². The fraction of sp³-hybridized carbons (Fsp3) is 0.500.